The maximum atomic E-state index is 9.01. The fourth-order valence-corrected chi connectivity index (χ4v) is 1.79. The first-order chi connectivity index (χ1) is 6.29. The van der Waals surface area contributed by atoms with E-state index in [-0.39, 0.29) is 19.3 Å². The molecule has 1 fully saturated rings. The second-order valence-corrected chi connectivity index (χ2v) is 3.68. The zero-order valence-electron chi connectivity index (χ0n) is 8.24. The lowest BCUT2D eigenvalue weighted by Gasteiger charge is -2.35. The molecule has 1 heterocycles. The summed E-state index contributed by atoms with van der Waals surface area (Å²) >= 11 is 0. The van der Waals surface area contributed by atoms with Crippen LogP contribution in [-0.2, 0) is 0 Å². The van der Waals surface area contributed by atoms with E-state index >= 15 is 0 Å². The van der Waals surface area contributed by atoms with Crippen LogP contribution in [0.3, 0.4) is 0 Å². The maximum absolute atomic E-state index is 9.01. The van der Waals surface area contributed by atoms with Gasteiger partial charge in [-0.3, -0.25) is 4.90 Å². The molecule has 1 aliphatic rings. The first-order valence-corrected chi connectivity index (χ1v) is 4.94. The van der Waals surface area contributed by atoms with Gasteiger partial charge in [0.15, 0.2) is 0 Å². The van der Waals surface area contributed by atoms with Gasteiger partial charge in [0, 0.05) is 12.6 Å². The minimum absolute atomic E-state index is 0.0313. The van der Waals surface area contributed by atoms with Gasteiger partial charge in [0.1, 0.15) is 0 Å². The Hall–Kier alpha value is -0.160. The van der Waals surface area contributed by atoms with Crippen LogP contribution in [0.4, 0.5) is 0 Å². The van der Waals surface area contributed by atoms with Crippen molar-refractivity contribution >= 4 is 0 Å². The predicted molar refractivity (Wildman–Crippen MR) is 51.6 cm³/mol. The van der Waals surface area contributed by atoms with Crippen molar-refractivity contribution in [2.45, 2.75) is 24.9 Å². The van der Waals surface area contributed by atoms with E-state index in [9.17, 15) is 0 Å². The lowest BCUT2D eigenvalue weighted by molar-refractivity contribution is 0.0555. The SMILES string of the molecule is CN(C(CO)CO)C1CCCNC1. The average molecular weight is 188 g/mol. The number of aliphatic hydroxyl groups excluding tert-OH is 2. The van der Waals surface area contributed by atoms with Crippen LogP contribution in [0.25, 0.3) is 0 Å². The monoisotopic (exact) mass is 188 g/mol. The molecule has 0 saturated carbocycles. The minimum atomic E-state index is -0.107. The third-order valence-corrected chi connectivity index (χ3v) is 2.84. The highest BCUT2D eigenvalue weighted by atomic mass is 16.3. The highest BCUT2D eigenvalue weighted by Gasteiger charge is 2.23. The summed E-state index contributed by atoms with van der Waals surface area (Å²) in [6.45, 7) is 2.12. The van der Waals surface area contributed by atoms with Gasteiger partial charge in [0.2, 0.25) is 0 Å². The van der Waals surface area contributed by atoms with Crippen molar-refractivity contribution in [1.82, 2.24) is 10.2 Å². The molecule has 0 aromatic carbocycles. The lowest BCUT2D eigenvalue weighted by Crippen LogP contribution is -2.50. The molecule has 0 aromatic rings. The highest BCUT2D eigenvalue weighted by molar-refractivity contribution is 4.80. The molecule has 0 aliphatic carbocycles. The van der Waals surface area contributed by atoms with Crippen LogP contribution in [0.2, 0.25) is 0 Å². The Balaban J connectivity index is 2.38. The molecule has 0 bridgehead atoms. The van der Waals surface area contributed by atoms with Crippen molar-refractivity contribution < 1.29 is 10.2 Å². The molecule has 4 heteroatoms. The number of rotatable bonds is 4. The molecule has 78 valence electrons. The molecule has 1 unspecified atom stereocenters. The third kappa shape index (κ3) is 2.91. The Morgan fingerprint density at radius 1 is 1.46 bits per heavy atom. The topological polar surface area (TPSA) is 55.7 Å². The van der Waals surface area contributed by atoms with Crippen LogP contribution in [0.5, 0.6) is 0 Å². The van der Waals surface area contributed by atoms with Crippen LogP contribution in [0.15, 0.2) is 0 Å². The number of hydrogen-bond acceptors (Lipinski definition) is 4. The second-order valence-electron chi connectivity index (χ2n) is 3.68. The summed E-state index contributed by atoms with van der Waals surface area (Å²) in [5, 5.41) is 21.3. The first kappa shape index (κ1) is 10.9. The molecular weight excluding hydrogens is 168 g/mol. The van der Waals surface area contributed by atoms with Crippen LogP contribution < -0.4 is 5.32 Å². The Morgan fingerprint density at radius 3 is 2.62 bits per heavy atom. The zero-order chi connectivity index (χ0) is 9.68. The van der Waals surface area contributed by atoms with Crippen molar-refractivity contribution in [1.29, 1.82) is 0 Å². The average Bonchev–Trinajstić information content (AvgIpc) is 2.21. The van der Waals surface area contributed by atoms with Gasteiger partial charge in [0.05, 0.1) is 19.3 Å². The minimum Gasteiger partial charge on any atom is -0.395 e. The predicted octanol–water partition coefficient (Wildman–Crippen LogP) is -0.977. The summed E-state index contributed by atoms with van der Waals surface area (Å²) in [6.07, 6.45) is 2.33. The molecule has 0 amide bonds. The van der Waals surface area contributed by atoms with Gasteiger partial charge in [0.25, 0.3) is 0 Å². The molecule has 3 N–H and O–H groups in total. The van der Waals surface area contributed by atoms with Gasteiger partial charge in [-0.15, -0.1) is 0 Å². The third-order valence-electron chi connectivity index (χ3n) is 2.84. The van der Waals surface area contributed by atoms with Crippen molar-refractivity contribution in [2.24, 2.45) is 0 Å². The summed E-state index contributed by atoms with van der Waals surface area (Å²) in [6, 6.07) is 0.350. The van der Waals surface area contributed by atoms with E-state index in [0.29, 0.717) is 6.04 Å². The van der Waals surface area contributed by atoms with Crippen LogP contribution in [0.1, 0.15) is 12.8 Å². The zero-order valence-corrected chi connectivity index (χ0v) is 8.24. The van der Waals surface area contributed by atoms with Crippen molar-refractivity contribution in [3.8, 4) is 0 Å². The van der Waals surface area contributed by atoms with Crippen LogP contribution in [0, 0.1) is 0 Å². The number of piperidine rings is 1. The number of aliphatic hydroxyl groups is 2. The Labute approximate surface area is 79.6 Å². The number of nitrogens with zero attached hydrogens (tertiary/aromatic N) is 1. The summed E-state index contributed by atoms with van der Waals surface area (Å²) in [7, 11) is 1.97. The molecular formula is C9H20N2O2. The quantitative estimate of drug-likeness (QED) is 0.531. The fraction of sp³-hybridized carbons (Fsp3) is 1.00. The van der Waals surface area contributed by atoms with Gasteiger partial charge in [-0.05, 0) is 26.4 Å². The Bertz CT molecular complexity index is 134. The summed E-state index contributed by atoms with van der Waals surface area (Å²) < 4.78 is 0. The fourth-order valence-electron chi connectivity index (χ4n) is 1.79. The first-order valence-electron chi connectivity index (χ1n) is 4.94. The van der Waals surface area contributed by atoms with Crippen LogP contribution >= 0.6 is 0 Å². The van der Waals surface area contributed by atoms with Gasteiger partial charge in [-0.1, -0.05) is 0 Å². The number of hydrogen-bond donors (Lipinski definition) is 3. The molecule has 1 saturated heterocycles. The molecule has 1 rings (SSSR count). The summed E-state index contributed by atoms with van der Waals surface area (Å²) in [5.74, 6) is 0. The van der Waals surface area contributed by atoms with E-state index < -0.39 is 0 Å². The van der Waals surface area contributed by atoms with E-state index in [1.165, 1.54) is 6.42 Å². The van der Waals surface area contributed by atoms with E-state index in [1.807, 2.05) is 7.05 Å². The molecule has 1 atom stereocenters. The molecule has 13 heavy (non-hydrogen) atoms. The Kier molecular flexibility index (Phi) is 4.66. The van der Waals surface area contributed by atoms with Gasteiger partial charge >= 0.3 is 0 Å². The van der Waals surface area contributed by atoms with Gasteiger partial charge < -0.3 is 15.5 Å². The summed E-state index contributed by atoms with van der Waals surface area (Å²) in [5.41, 5.74) is 0. The number of nitrogens with one attached hydrogen (secondary N) is 1. The van der Waals surface area contributed by atoms with E-state index in [0.717, 1.165) is 19.5 Å². The summed E-state index contributed by atoms with van der Waals surface area (Å²) in [4.78, 5) is 2.08. The number of likely N-dealkylation sites (N-methyl/N-ethyl adjacent to an activating group) is 1. The van der Waals surface area contributed by atoms with Crippen molar-refractivity contribution in [3.05, 3.63) is 0 Å². The van der Waals surface area contributed by atoms with Gasteiger partial charge in [-0.2, -0.15) is 0 Å². The molecule has 1 aliphatic heterocycles. The van der Waals surface area contributed by atoms with Crippen LogP contribution in [-0.4, -0.2) is 60.5 Å². The van der Waals surface area contributed by atoms with Crippen molar-refractivity contribution in [3.63, 3.8) is 0 Å². The smallest absolute Gasteiger partial charge is 0.0609 e. The van der Waals surface area contributed by atoms with Gasteiger partial charge in [-0.25, -0.2) is 0 Å². The Morgan fingerprint density at radius 2 is 2.15 bits per heavy atom. The molecule has 0 radical (unpaired) electrons. The maximum Gasteiger partial charge on any atom is 0.0609 e. The molecule has 0 spiro atoms. The van der Waals surface area contributed by atoms with E-state index in [4.69, 9.17) is 10.2 Å². The highest BCUT2D eigenvalue weighted by Crippen LogP contribution is 2.10. The standard InChI is InChI=1S/C9H20N2O2/c1-11(9(6-12)7-13)8-3-2-4-10-5-8/h8-10,12-13H,2-7H2,1H3. The van der Waals surface area contributed by atoms with Crippen molar-refractivity contribution in [2.75, 3.05) is 33.4 Å². The second kappa shape index (κ2) is 5.54. The van der Waals surface area contributed by atoms with E-state index in [1.54, 1.807) is 0 Å². The lowest BCUT2D eigenvalue weighted by atomic mass is 10.0. The normalized spacial score (nSPS) is 24.2. The van der Waals surface area contributed by atoms with E-state index in [2.05, 4.69) is 10.2 Å². The largest absolute Gasteiger partial charge is 0.395 e. The molecule has 0 aromatic heterocycles. The molecule has 4 nitrogen and oxygen atoms in total.